The summed E-state index contributed by atoms with van der Waals surface area (Å²) in [5, 5.41) is 6.80. The maximum Gasteiger partial charge on any atom is 0.254 e. The zero-order chi connectivity index (χ0) is 13.7. The number of nitrogens with one attached hydrogen (secondary N) is 1. The zero-order valence-corrected chi connectivity index (χ0v) is 11.3. The molecule has 5 nitrogen and oxygen atoms in total. The molecule has 6 heteroatoms. The van der Waals surface area contributed by atoms with Crippen molar-refractivity contribution in [3.63, 3.8) is 0 Å². The van der Waals surface area contributed by atoms with Crippen molar-refractivity contribution in [3.05, 3.63) is 39.8 Å². The Kier molecular flexibility index (Phi) is 4.34. The van der Waals surface area contributed by atoms with Gasteiger partial charge in [0.25, 0.3) is 5.91 Å². The normalized spacial score (nSPS) is 9.79. The lowest BCUT2D eigenvalue weighted by molar-refractivity contribution is 0.0951. The van der Waals surface area contributed by atoms with Gasteiger partial charge in [-0.05, 0) is 12.1 Å². The highest BCUT2D eigenvalue weighted by Gasteiger charge is 2.07. The molecule has 0 bridgehead atoms. The van der Waals surface area contributed by atoms with Crippen LogP contribution in [0.3, 0.4) is 0 Å². The highest BCUT2D eigenvalue weighted by Crippen LogP contribution is 2.15. The minimum Gasteiger partial charge on any atom is -0.347 e. The number of thiophene rings is 1. The summed E-state index contributed by atoms with van der Waals surface area (Å²) in [6.07, 6.45) is 3.23. The van der Waals surface area contributed by atoms with Crippen molar-refractivity contribution in [2.75, 3.05) is 6.54 Å². The molecule has 0 atom stereocenters. The molecule has 98 valence electrons. The van der Waals surface area contributed by atoms with E-state index in [2.05, 4.69) is 22.3 Å². The average molecular weight is 274 g/mol. The van der Waals surface area contributed by atoms with Crippen LogP contribution < -0.4 is 11.1 Å². The first-order chi connectivity index (χ1) is 9.19. The van der Waals surface area contributed by atoms with Crippen LogP contribution in [-0.2, 0) is 13.6 Å². The van der Waals surface area contributed by atoms with Gasteiger partial charge in [0.1, 0.15) is 0 Å². The number of hydrogen-bond acceptors (Lipinski definition) is 4. The van der Waals surface area contributed by atoms with Gasteiger partial charge in [-0.15, -0.1) is 11.3 Å². The van der Waals surface area contributed by atoms with Crippen molar-refractivity contribution in [2.45, 2.75) is 6.54 Å². The van der Waals surface area contributed by atoms with E-state index < -0.39 is 0 Å². The number of nitrogens with zero attached hydrogens (tertiary/aromatic N) is 2. The Labute approximate surface area is 115 Å². The molecule has 0 saturated heterocycles. The number of hydrogen-bond donors (Lipinski definition) is 2. The van der Waals surface area contributed by atoms with Gasteiger partial charge in [-0.2, -0.15) is 5.10 Å². The summed E-state index contributed by atoms with van der Waals surface area (Å²) >= 11 is 1.55. The number of carbonyl (C=O) groups is 1. The second kappa shape index (κ2) is 6.18. The lowest BCUT2D eigenvalue weighted by Gasteiger charge is -2.00. The molecule has 1 amide bonds. The SMILES string of the molecule is Cn1cc(C(=O)NCc2ccc(C#CCN)s2)cn1. The molecule has 0 spiro atoms. The summed E-state index contributed by atoms with van der Waals surface area (Å²) in [6, 6.07) is 3.88. The van der Waals surface area contributed by atoms with Crippen molar-refractivity contribution in [1.82, 2.24) is 15.1 Å². The number of nitrogens with two attached hydrogens (primary N) is 1. The van der Waals surface area contributed by atoms with Gasteiger partial charge in [-0.1, -0.05) is 11.8 Å². The standard InChI is InChI=1S/C13H14N4OS/c1-17-9-10(7-16-17)13(18)15-8-12-5-4-11(19-12)3-2-6-14/h4-5,7,9H,6,8,14H2,1H3,(H,15,18). The smallest absolute Gasteiger partial charge is 0.254 e. The minimum atomic E-state index is -0.129. The summed E-state index contributed by atoms with van der Waals surface area (Å²) in [6.45, 7) is 0.841. The number of aromatic nitrogens is 2. The molecule has 0 aliphatic carbocycles. The second-order valence-corrected chi connectivity index (χ2v) is 5.03. The highest BCUT2D eigenvalue weighted by molar-refractivity contribution is 7.12. The maximum absolute atomic E-state index is 11.8. The maximum atomic E-state index is 11.8. The van der Waals surface area contributed by atoms with Crippen LogP contribution in [0.15, 0.2) is 24.5 Å². The number of aryl methyl sites for hydroxylation is 1. The van der Waals surface area contributed by atoms with Crippen LogP contribution >= 0.6 is 11.3 Å². The monoisotopic (exact) mass is 274 g/mol. The lowest BCUT2D eigenvalue weighted by atomic mass is 10.3. The molecule has 2 rings (SSSR count). The number of carbonyl (C=O) groups excluding carboxylic acids is 1. The molecular weight excluding hydrogens is 260 g/mol. The minimum absolute atomic E-state index is 0.129. The zero-order valence-electron chi connectivity index (χ0n) is 10.5. The third-order valence-corrected chi connectivity index (χ3v) is 3.37. The average Bonchev–Trinajstić information content (AvgIpc) is 3.02. The Balaban J connectivity index is 1.92. The third-order valence-electron chi connectivity index (χ3n) is 2.37. The van der Waals surface area contributed by atoms with Crippen LogP contribution in [0.2, 0.25) is 0 Å². The van der Waals surface area contributed by atoms with E-state index >= 15 is 0 Å². The van der Waals surface area contributed by atoms with Crippen molar-refractivity contribution >= 4 is 17.2 Å². The van der Waals surface area contributed by atoms with E-state index in [1.54, 1.807) is 35.5 Å². The summed E-state index contributed by atoms with van der Waals surface area (Å²) in [4.78, 5) is 13.8. The first kappa shape index (κ1) is 13.3. The molecule has 2 aromatic rings. The van der Waals surface area contributed by atoms with Gasteiger partial charge in [-0.3, -0.25) is 9.48 Å². The van der Waals surface area contributed by atoms with E-state index in [0.717, 1.165) is 9.75 Å². The number of amides is 1. The molecule has 0 radical (unpaired) electrons. The predicted octanol–water partition coefficient (Wildman–Crippen LogP) is 0.722. The fourth-order valence-corrected chi connectivity index (χ4v) is 2.31. The summed E-state index contributed by atoms with van der Waals surface area (Å²) in [7, 11) is 1.78. The summed E-state index contributed by atoms with van der Waals surface area (Å²) in [5.41, 5.74) is 5.87. The van der Waals surface area contributed by atoms with Crippen molar-refractivity contribution in [3.8, 4) is 11.8 Å². The van der Waals surface area contributed by atoms with E-state index in [1.165, 1.54) is 0 Å². The molecule has 19 heavy (non-hydrogen) atoms. The van der Waals surface area contributed by atoms with Crippen molar-refractivity contribution < 1.29 is 4.79 Å². The molecular formula is C13H14N4OS. The van der Waals surface area contributed by atoms with Crippen LogP contribution in [0, 0.1) is 11.8 Å². The Morgan fingerprint density at radius 2 is 2.42 bits per heavy atom. The van der Waals surface area contributed by atoms with Gasteiger partial charge < -0.3 is 11.1 Å². The molecule has 0 saturated carbocycles. The van der Waals surface area contributed by atoms with Gasteiger partial charge >= 0.3 is 0 Å². The topological polar surface area (TPSA) is 72.9 Å². The van der Waals surface area contributed by atoms with Crippen LogP contribution in [-0.4, -0.2) is 22.2 Å². The lowest BCUT2D eigenvalue weighted by Crippen LogP contribution is -2.21. The van der Waals surface area contributed by atoms with Gasteiger partial charge in [-0.25, -0.2) is 0 Å². The van der Waals surface area contributed by atoms with Gasteiger partial charge in [0.15, 0.2) is 0 Å². The van der Waals surface area contributed by atoms with E-state index in [1.807, 2.05) is 12.1 Å². The van der Waals surface area contributed by atoms with E-state index in [0.29, 0.717) is 18.7 Å². The number of rotatable bonds is 3. The molecule has 2 aromatic heterocycles. The first-order valence-corrected chi connectivity index (χ1v) is 6.55. The third kappa shape index (κ3) is 3.68. The Morgan fingerprint density at radius 3 is 3.11 bits per heavy atom. The Hall–Kier alpha value is -2.10. The fourth-order valence-electron chi connectivity index (χ4n) is 1.49. The van der Waals surface area contributed by atoms with Crippen molar-refractivity contribution in [2.24, 2.45) is 12.8 Å². The Morgan fingerprint density at radius 1 is 1.58 bits per heavy atom. The highest BCUT2D eigenvalue weighted by atomic mass is 32.1. The predicted molar refractivity (Wildman–Crippen MR) is 74.6 cm³/mol. The van der Waals surface area contributed by atoms with Crippen LogP contribution in [0.4, 0.5) is 0 Å². The van der Waals surface area contributed by atoms with E-state index in [9.17, 15) is 4.79 Å². The largest absolute Gasteiger partial charge is 0.347 e. The van der Waals surface area contributed by atoms with E-state index in [-0.39, 0.29) is 5.91 Å². The van der Waals surface area contributed by atoms with Crippen molar-refractivity contribution in [1.29, 1.82) is 0 Å². The van der Waals surface area contributed by atoms with Gasteiger partial charge in [0.2, 0.25) is 0 Å². The fraction of sp³-hybridized carbons (Fsp3) is 0.231. The molecule has 3 N–H and O–H groups in total. The van der Waals surface area contributed by atoms with Crippen LogP contribution in [0.1, 0.15) is 20.1 Å². The molecule has 0 fully saturated rings. The quantitative estimate of drug-likeness (QED) is 0.810. The summed E-state index contributed by atoms with van der Waals surface area (Å²) < 4.78 is 1.60. The first-order valence-electron chi connectivity index (χ1n) is 5.73. The molecule has 0 aromatic carbocycles. The van der Waals surface area contributed by atoms with Crippen LogP contribution in [0.25, 0.3) is 0 Å². The molecule has 0 aliphatic rings. The van der Waals surface area contributed by atoms with E-state index in [4.69, 9.17) is 5.73 Å². The molecule has 0 aliphatic heterocycles. The summed E-state index contributed by atoms with van der Waals surface area (Å²) in [5.74, 6) is 5.64. The van der Waals surface area contributed by atoms with Gasteiger partial charge in [0, 0.05) is 18.1 Å². The van der Waals surface area contributed by atoms with Gasteiger partial charge in [0.05, 0.1) is 29.7 Å². The Bertz CT molecular complexity index is 632. The molecule has 0 unspecified atom stereocenters. The van der Waals surface area contributed by atoms with Crippen LogP contribution in [0.5, 0.6) is 0 Å². The molecule has 2 heterocycles. The second-order valence-electron chi connectivity index (χ2n) is 3.86.